The smallest absolute Gasteiger partial charge is 0.347 e. The number of hydrogen-bond acceptors (Lipinski definition) is 3. The lowest BCUT2D eigenvalue weighted by atomic mass is 10.1. The van der Waals surface area contributed by atoms with E-state index in [-0.39, 0.29) is 5.56 Å². The SMILES string of the molecule is CN(C)C(=O)CN(CC(F)(F)F)C(=O)c1ccc(-n2cccn2)cc1. The number of alkyl halides is 3. The fourth-order valence-corrected chi connectivity index (χ4v) is 2.08. The molecule has 1 aromatic heterocycles. The topological polar surface area (TPSA) is 58.4 Å². The van der Waals surface area contributed by atoms with Crippen molar-refractivity contribution in [3.05, 3.63) is 48.3 Å². The number of amides is 2. The summed E-state index contributed by atoms with van der Waals surface area (Å²) in [4.78, 5) is 25.8. The molecule has 6 nitrogen and oxygen atoms in total. The summed E-state index contributed by atoms with van der Waals surface area (Å²) < 4.78 is 39.8. The van der Waals surface area contributed by atoms with Crippen molar-refractivity contribution in [2.75, 3.05) is 27.2 Å². The quantitative estimate of drug-likeness (QED) is 0.825. The molecule has 0 spiro atoms. The maximum atomic E-state index is 12.8. The Bertz CT molecular complexity index is 725. The second kappa shape index (κ2) is 7.37. The van der Waals surface area contributed by atoms with Crippen molar-refractivity contribution in [1.29, 1.82) is 0 Å². The first-order chi connectivity index (χ1) is 11.7. The van der Waals surface area contributed by atoms with Gasteiger partial charge >= 0.3 is 6.18 Å². The molecule has 0 aliphatic carbocycles. The summed E-state index contributed by atoms with van der Waals surface area (Å²) in [6.45, 7) is -2.14. The van der Waals surface area contributed by atoms with Gasteiger partial charge in [0.25, 0.3) is 5.91 Å². The van der Waals surface area contributed by atoms with Crippen LogP contribution in [-0.2, 0) is 4.79 Å². The molecule has 0 bridgehead atoms. The Morgan fingerprint density at radius 2 is 1.80 bits per heavy atom. The molecule has 134 valence electrons. The predicted molar refractivity (Wildman–Crippen MR) is 84.2 cm³/mol. The number of nitrogens with zero attached hydrogens (tertiary/aromatic N) is 4. The molecule has 2 rings (SSSR count). The molecule has 9 heteroatoms. The van der Waals surface area contributed by atoms with E-state index in [2.05, 4.69) is 5.10 Å². The highest BCUT2D eigenvalue weighted by Crippen LogP contribution is 2.19. The maximum absolute atomic E-state index is 12.8. The fraction of sp³-hybridized carbons (Fsp3) is 0.312. The van der Waals surface area contributed by atoms with Crippen molar-refractivity contribution >= 4 is 11.8 Å². The number of halogens is 3. The minimum Gasteiger partial charge on any atom is -0.347 e. The second-order valence-electron chi connectivity index (χ2n) is 5.56. The summed E-state index contributed by atoms with van der Waals surface area (Å²) in [5.41, 5.74) is 0.722. The van der Waals surface area contributed by atoms with Crippen LogP contribution in [-0.4, -0.2) is 64.8 Å². The van der Waals surface area contributed by atoms with Crippen LogP contribution in [0.2, 0.25) is 0 Å². The summed E-state index contributed by atoms with van der Waals surface area (Å²) in [5, 5.41) is 4.03. The summed E-state index contributed by atoms with van der Waals surface area (Å²) in [5.74, 6) is -1.45. The summed E-state index contributed by atoms with van der Waals surface area (Å²) in [6, 6.07) is 7.67. The van der Waals surface area contributed by atoms with E-state index in [1.54, 1.807) is 35.3 Å². The van der Waals surface area contributed by atoms with Gasteiger partial charge in [0.1, 0.15) is 13.1 Å². The van der Waals surface area contributed by atoms with Gasteiger partial charge in [0.05, 0.1) is 5.69 Å². The Hall–Kier alpha value is -2.84. The Kier molecular flexibility index (Phi) is 5.45. The predicted octanol–water partition coefficient (Wildman–Crippen LogP) is 1.96. The minimum absolute atomic E-state index is 0.0618. The molecule has 25 heavy (non-hydrogen) atoms. The minimum atomic E-state index is -4.60. The molecule has 0 atom stereocenters. The molecule has 0 radical (unpaired) electrons. The molecule has 0 saturated carbocycles. The largest absolute Gasteiger partial charge is 0.406 e. The molecule has 0 fully saturated rings. The standard InChI is InChI=1S/C16H17F3N4O2/c1-21(2)14(24)10-22(11-16(17,18)19)15(25)12-4-6-13(7-5-12)23-9-3-8-20-23/h3-9H,10-11H2,1-2H3. The van der Waals surface area contributed by atoms with Crippen LogP contribution in [0.1, 0.15) is 10.4 Å². The average molecular weight is 354 g/mol. The van der Waals surface area contributed by atoms with Crippen molar-refractivity contribution in [2.45, 2.75) is 6.18 Å². The van der Waals surface area contributed by atoms with Crippen LogP contribution < -0.4 is 0 Å². The molecule has 0 N–H and O–H groups in total. The van der Waals surface area contributed by atoms with Gasteiger partial charge in [-0.1, -0.05) is 0 Å². The average Bonchev–Trinajstić information content (AvgIpc) is 3.06. The van der Waals surface area contributed by atoms with Gasteiger partial charge in [-0.25, -0.2) is 4.68 Å². The highest BCUT2D eigenvalue weighted by molar-refractivity contribution is 5.96. The molecule has 0 saturated heterocycles. The third-order valence-corrected chi connectivity index (χ3v) is 3.37. The van der Waals surface area contributed by atoms with Crippen LogP contribution in [0.15, 0.2) is 42.7 Å². The van der Waals surface area contributed by atoms with Crippen LogP contribution in [0, 0.1) is 0 Å². The Labute approximate surface area is 142 Å². The molecule has 0 aliphatic rings. The van der Waals surface area contributed by atoms with E-state index in [9.17, 15) is 22.8 Å². The van der Waals surface area contributed by atoms with Gasteiger partial charge in [-0.3, -0.25) is 9.59 Å². The van der Waals surface area contributed by atoms with E-state index in [4.69, 9.17) is 0 Å². The highest BCUT2D eigenvalue weighted by atomic mass is 19.4. The van der Waals surface area contributed by atoms with E-state index >= 15 is 0 Å². The zero-order valence-corrected chi connectivity index (χ0v) is 13.7. The van der Waals surface area contributed by atoms with E-state index in [0.717, 1.165) is 4.90 Å². The van der Waals surface area contributed by atoms with E-state index < -0.39 is 31.1 Å². The lowest BCUT2D eigenvalue weighted by Crippen LogP contribution is -2.44. The third kappa shape index (κ3) is 5.07. The summed E-state index contributed by atoms with van der Waals surface area (Å²) in [7, 11) is 2.83. The van der Waals surface area contributed by atoms with Gasteiger partial charge in [-0.2, -0.15) is 18.3 Å². The van der Waals surface area contributed by atoms with Crippen LogP contribution in [0.5, 0.6) is 0 Å². The molecule has 0 aliphatic heterocycles. The van der Waals surface area contributed by atoms with Crippen molar-refractivity contribution in [3.63, 3.8) is 0 Å². The van der Waals surface area contributed by atoms with Gasteiger partial charge in [0.15, 0.2) is 0 Å². The number of carbonyl (C=O) groups excluding carboxylic acids is 2. The Morgan fingerprint density at radius 3 is 2.28 bits per heavy atom. The van der Waals surface area contributed by atoms with Gasteiger partial charge < -0.3 is 9.80 Å². The van der Waals surface area contributed by atoms with Crippen LogP contribution in [0.3, 0.4) is 0 Å². The van der Waals surface area contributed by atoms with Gasteiger partial charge in [-0.15, -0.1) is 0 Å². The first-order valence-corrected chi connectivity index (χ1v) is 7.33. The molecular weight excluding hydrogens is 337 g/mol. The van der Waals surface area contributed by atoms with E-state index in [1.807, 2.05) is 0 Å². The normalized spacial score (nSPS) is 11.2. The number of benzene rings is 1. The molecule has 1 heterocycles. The zero-order chi connectivity index (χ0) is 18.6. The Morgan fingerprint density at radius 1 is 1.16 bits per heavy atom. The van der Waals surface area contributed by atoms with Crippen molar-refractivity contribution in [2.24, 2.45) is 0 Å². The van der Waals surface area contributed by atoms with Gasteiger partial charge in [0.2, 0.25) is 5.91 Å². The number of aromatic nitrogens is 2. The lowest BCUT2D eigenvalue weighted by molar-refractivity contribution is -0.146. The Balaban J connectivity index is 2.21. The molecule has 2 aromatic rings. The van der Waals surface area contributed by atoms with Crippen LogP contribution in [0.25, 0.3) is 5.69 Å². The van der Waals surface area contributed by atoms with Crippen LogP contribution in [0.4, 0.5) is 13.2 Å². The highest BCUT2D eigenvalue weighted by Gasteiger charge is 2.34. The van der Waals surface area contributed by atoms with Crippen molar-refractivity contribution < 1.29 is 22.8 Å². The van der Waals surface area contributed by atoms with Crippen molar-refractivity contribution in [1.82, 2.24) is 19.6 Å². The number of carbonyl (C=O) groups is 2. The number of hydrogen-bond donors (Lipinski definition) is 0. The van der Waals surface area contributed by atoms with E-state index in [0.29, 0.717) is 10.6 Å². The lowest BCUT2D eigenvalue weighted by Gasteiger charge is -2.25. The number of likely N-dealkylation sites (N-methyl/N-ethyl adjacent to an activating group) is 1. The maximum Gasteiger partial charge on any atom is 0.406 e. The fourth-order valence-electron chi connectivity index (χ4n) is 2.08. The zero-order valence-electron chi connectivity index (χ0n) is 13.7. The second-order valence-corrected chi connectivity index (χ2v) is 5.56. The summed E-state index contributed by atoms with van der Waals surface area (Å²) >= 11 is 0. The van der Waals surface area contributed by atoms with Gasteiger partial charge in [-0.05, 0) is 30.3 Å². The molecule has 2 amide bonds. The summed E-state index contributed by atoms with van der Waals surface area (Å²) in [6.07, 6.45) is -1.32. The van der Waals surface area contributed by atoms with E-state index in [1.165, 1.54) is 26.2 Å². The molecule has 1 aromatic carbocycles. The molecular formula is C16H17F3N4O2. The van der Waals surface area contributed by atoms with Crippen molar-refractivity contribution in [3.8, 4) is 5.69 Å². The molecule has 0 unspecified atom stereocenters. The van der Waals surface area contributed by atoms with Gasteiger partial charge in [0, 0.05) is 32.1 Å². The first-order valence-electron chi connectivity index (χ1n) is 7.33. The first kappa shape index (κ1) is 18.5. The van der Waals surface area contributed by atoms with Crippen LogP contribution >= 0.6 is 0 Å². The monoisotopic (exact) mass is 354 g/mol. The number of rotatable bonds is 5. The third-order valence-electron chi connectivity index (χ3n) is 3.37.